The van der Waals surface area contributed by atoms with Gasteiger partial charge in [0.15, 0.2) is 0 Å². The van der Waals surface area contributed by atoms with Crippen molar-refractivity contribution in [2.24, 2.45) is 5.92 Å². The second kappa shape index (κ2) is 4.85. The van der Waals surface area contributed by atoms with E-state index in [0.717, 1.165) is 24.5 Å². The summed E-state index contributed by atoms with van der Waals surface area (Å²) in [5.74, 6) is 1.40. The minimum absolute atomic E-state index is 0.128. The average Bonchev–Trinajstić information content (AvgIpc) is 2.23. The van der Waals surface area contributed by atoms with E-state index in [1.54, 1.807) is 7.11 Å². The molecule has 1 aliphatic rings. The van der Waals surface area contributed by atoms with Crippen LogP contribution < -0.4 is 4.74 Å². The Bertz CT molecular complexity index is 358. The van der Waals surface area contributed by atoms with Gasteiger partial charge in [-0.05, 0) is 13.0 Å². The minimum Gasteiger partial charge on any atom is -0.496 e. The summed E-state index contributed by atoms with van der Waals surface area (Å²) in [5, 5.41) is 9.51. The van der Waals surface area contributed by atoms with E-state index in [4.69, 9.17) is 9.47 Å². The Labute approximate surface area is 96.0 Å². The quantitative estimate of drug-likeness (QED) is 0.843. The van der Waals surface area contributed by atoms with E-state index in [1.807, 2.05) is 12.1 Å². The van der Waals surface area contributed by atoms with Crippen LogP contribution in [-0.2, 0) is 4.74 Å². The van der Waals surface area contributed by atoms with Gasteiger partial charge in [0.2, 0.25) is 0 Å². The van der Waals surface area contributed by atoms with E-state index in [-0.39, 0.29) is 12.5 Å². The molecule has 1 N–H and O–H groups in total. The summed E-state index contributed by atoms with van der Waals surface area (Å²) in [6.45, 7) is 3.67. The Morgan fingerprint density at radius 3 is 2.75 bits per heavy atom. The van der Waals surface area contributed by atoms with E-state index >= 15 is 0 Å². The summed E-state index contributed by atoms with van der Waals surface area (Å²) in [7, 11) is 1.67. The zero-order valence-corrected chi connectivity index (χ0v) is 9.77. The highest BCUT2D eigenvalue weighted by molar-refractivity contribution is 5.40. The highest BCUT2D eigenvalue weighted by Gasteiger charge is 2.30. The first-order valence-corrected chi connectivity index (χ1v) is 5.59. The molecule has 2 rings (SSSR count). The first kappa shape index (κ1) is 11.4. The molecule has 16 heavy (non-hydrogen) atoms. The van der Waals surface area contributed by atoms with E-state index in [2.05, 4.69) is 13.0 Å². The lowest BCUT2D eigenvalue weighted by Crippen LogP contribution is -2.34. The molecule has 3 nitrogen and oxygen atoms in total. The largest absolute Gasteiger partial charge is 0.496 e. The summed E-state index contributed by atoms with van der Waals surface area (Å²) in [6.07, 6.45) is 0. The second-order valence-electron chi connectivity index (χ2n) is 4.33. The van der Waals surface area contributed by atoms with Gasteiger partial charge in [0, 0.05) is 17.4 Å². The SMILES string of the molecule is COc1ccc(C)cc1C(CO)C1COC1. The topological polar surface area (TPSA) is 38.7 Å². The lowest BCUT2D eigenvalue weighted by Gasteiger charge is -2.33. The number of methoxy groups -OCH3 is 1. The van der Waals surface area contributed by atoms with Crippen LogP contribution in [0.5, 0.6) is 5.75 Å². The van der Waals surface area contributed by atoms with Crippen molar-refractivity contribution in [1.29, 1.82) is 0 Å². The first-order valence-electron chi connectivity index (χ1n) is 5.59. The molecule has 0 amide bonds. The molecule has 1 aromatic rings. The Hall–Kier alpha value is -1.06. The molecular formula is C13H18O3. The lowest BCUT2D eigenvalue weighted by molar-refractivity contribution is -0.0530. The maximum absolute atomic E-state index is 9.51. The summed E-state index contributed by atoms with van der Waals surface area (Å²) in [5.41, 5.74) is 2.28. The number of aliphatic hydroxyl groups excluding tert-OH is 1. The molecular weight excluding hydrogens is 204 g/mol. The summed E-state index contributed by atoms with van der Waals surface area (Å²) < 4.78 is 10.5. The molecule has 0 saturated carbocycles. The standard InChI is InChI=1S/C13H18O3/c1-9-3-4-13(15-2)11(5-9)12(6-14)10-7-16-8-10/h3-5,10,12,14H,6-8H2,1-2H3. The van der Waals surface area contributed by atoms with Gasteiger partial charge in [-0.3, -0.25) is 0 Å². The molecule has 1 atom stereocenters. The Balaban J connectivity index is 2.31. The van der Waals surface area contributed by atoms with Crippen molar-refractivity contribution < 1.29 is 14.6 Å². The van der Waals surface area contributed by atoms with Gasteiger partial charge in [0.25, 0.3) is 0 Å². The van der Waals surface area contributed by atoms with Crippen LogP contribution in [0, 0.1) is 12.8 Å². The maximum atomic E-state index is 9.51. The molecule has 0 bridgehead atoms. The second-order valence-corrected chi connectivity index (χ2v) is 4.33. The molecule has 1 heterocycles. The van der Waals surface area contributed by atoms with Gasteiger partial charge in [-0.25, -0.2) is 0 Å². The fraction of sp³-hybridized carbons (Fsp3) is 0.538. The maximum Gasteiger partial charge on any atom is 0.122 e. The van der Waals surface area contributed by atoms with Crippen molar-refractivity contribution in [3.8, 4) is 5.75 Å². The van der Waals surface area contributed by atoms with Crippen LogP contribution in [0.2, 0.25) is 0 Å². The van der Waals surface area contributed by atoms with Crippen molar-refractivity contribution in [2.75, 3.05) is 26.9 Å². The smallest absolute Gasteiger partial charge is 0.122 e. The molecule has 1 fully saturated rings. The van der Waals surface area contributed by atoms with Gasteiger partial charge in [0.1, 0.15) is 5.75 Å². The predicted octanol–water partition coefficient (Wildman–Crippen LogP) is 1.73. The van der Waals surface area contributed by atoms with Gasteiger partial charge < -0.3 is 14.6 Å². The zero-order chi connectivity index (χ0) is 11.5. The van der Waals surface area contributed by atoms with E-state index < -0.39 is 0 Å². The fourth-order valence-corrected chi connectivity index (χ4v) is 2.13. The van der Waals surface area contributed by atoms with Gasteiger partial charge in [-0.1, -0.05) is 17.7 Å². The molecule has 1 saturated heterocycles. The lowest BCUT2D eigenvalue weighted by atomic mass is 9.84. The highest BCUT2D eigenvalue weighted by Crippen LogP contribution is 2.35. The van der Waals surface area contributed by atoms with E-state index in [0.29, 0.717) is 5.92 Å². The number of hydrogen-bond acceptors (Lipinski definition) is 3. The Morgan fingerprint density at radius 1 is 1.50 bits per heavy atom. The minimum atomic E-state index is 0.128. The van der Waals surface area contributed by atoms with Crippen LogP contribution in [0.15, 0.2) is 18.2 Å². The molecule has 0 spiro atoms. The predicted molar refractivity (Wildman–Crippen MR) is 61.9 cm³/mol. The monoisotopic (exact) mass is 222 g/mol. The molecule has 1 unspecified atom stereocenters. The first-order chi connectivity index (χ1) is 7.76. The van der Waals surface area contributed by atoms with Crippen molar-refractivity contribution in [1.82, 2.24) is 0 Å². The summed E-state index contributed by atoms with van der Waals surface area (Å²) >= 11 is 0. The highest BCUT2D eigenvalue weighted by atomic mass is 16.5. The van der Waals surface area contributed by atoms with Crippen molar-refractivity contribution >= 4 is 0 Å². The molecule has 0 aliphatic carbocycles. The third-order valence-electron chi connectivity index (χ3n) is 3.21. The zero-order valence-electron chi connectivity index (χ0n) is 9.77. The number of rotatable bonds is 4. The molecule has 0 aromatic heterocycles. The van der Waals surface area contributed by atoms with Gasteiger partial charge in [-0.2, -0.15) is 0 Å². The van der Waals surface area contributed by atoms with Gasteiger partial charge >= 0.3 is 0 Å². The van der Waals surface area contributed by atoms with Crippen LogP contribution in [0.4, 0.5) is 0 Å². The van der Waals surface area contributed by atoms with E-state index in [9.17, 15) is 5.11 Å². The van der Waals surface area contributed by atoms with Crippen LogP contribution in [0.1, 0.15) is 17.0 Å². The number of hydrogen-bond donors (Lipinski definition) is 1. The third-order valence-corrected chi connectivity index (χ3v) is 3.21. The normalized spacial score (nSPS) is 17.9. The number of benzene rings is 1. The van der Waals surface area contributed by atoms with Crippen molar-refractivity contribution in [2.45, 2.75) is 12.8 Å². The average molecular weight is 222 g/mol. The Kier molecular flexibility index (Phi) is 3.46. The van der Waals surface area contributed by atoms with Crippen molar-refractivity contribution in [3.63, 3.8) is 0 Å². The molecule has 0 radical (unpaired) electrons. The number of aryl methyl sites for hydroxylation is 1. The number of ether oxygens (including phenoxy) is 2. The van der Waals surface area contributed by atoms with Crippen LogP contribution in [0.3, 0.4) is 0 Å². The molecule has 3 heteroatoms. The van der Waals surface area contributed by atoms with Crippen LogP contribution >= 0.6 is 0 Å². The van der Waals surface area contributed by atoms with E-state index in [1.165, 1.54) is 5.56 Å². The van der Waals surface area contributed by atoms with Crippen LogP contribution in [0.25, 0.3) is 0 Å². The molecule has 88 valence electrons. The van der Waals surface area contributed by atoms with Gasteiger partial charge in [-0.15, -0.1) is 0 Å². The summed E-state index contributed by atoms with van der Waals surface area (Å²) in [4.78, 5) is 0. The van der Waals surface area contributed by atoms with Crippen molar-refractivity contribution in [3.05, 3.63) is 29.3 Å². The number of aliphatic hydroxyl groups is 1. The Morgan fingerprint density at radius 2 is 2.25 bits per heavy atom. The van der Waals surface area contributed by atoms with Gasteiger partial charge in [0.05, 0.1) is 26.9 Å². The molecule has 1 aliphatic heterocycles. The fourth-order valence-electron chi connectivity index (χ4n) is 2.13. The van der Waals surface area contributed by atoms with Crippen LogP contribution in [-0.4, -0.2) is 32.0 Å². The molecule has 1 aromatic carbocycles. The third kappa shape index (κ3) is 2.06. The summed E-state index contributed by atoms with van der Waals surface area (Å²) in [6, 6.07) is 6.08.